The van der Waals surface area contributed by atoms with Gasteiger partial charge in [0, 0.05) is 5.92 Å². The molecule has 0 aromatic heterocycles. The van der Waals surface area contributed by atoms with Crippen LogP contribution in [0, 0.1) is 6.92 Å². The summed E-state index contributed by atoms with van der Waals surface area (Å²) in [6.45, 7) is 2.14. The average molecular weight is 311 g/mol. The van der Waals surface area contributed by atoms with Crippen molar-refractivity contribution in [2.75, 3.05) is 0 Å². The molecule has 3 aromatic carbocycles. The van der Waals surface area contributed by atoms with Crippen LogP contribution in [0.5, 0.6) is 0 Å². The highest BCUT2D eigenvalue weighted by Crippen LogP contribution is 2.39. The molecule has 0 saturated heterocycles. The fourth-order valence-corrected chi connectivity index (χ4v) is 3.47. The van der Waals surface area contributed by atoms with E-state index in [0.29, 0.717) is 5.92 Å². The Balaban J connectivity index is 1.63. The van der Waals surface area contributed by atoms with Crippen molar-refractivity contribution in [2.24, 2.45) is 4.99 Å². The summed E-state index contributed by atoms with van der Waals surface area (Å²) < 4.78 is 0. The lowest BCUT2D eigenvalue weighted by molar-refractivity contribution is 0.777. The molecule has 0 spiro atoms. The van der Waals surface area contributed by atoms with Crippen molar-refractivity contribution in [3.63, 3.8) is 0 Å². The van der Waals surface area contributed by atoms with Gasteiger partial charge in [-0.15, -0.1) is 0 Å². The van der Waals surface area contributed by atoms with Crippen LogP contribution in [0.4, 0.5) is 5.69 Å². The summed E-state index contributed by atoms with van der Waals surface area (Å²) in [6, 6.07) is 28.0. The van der Waals surface area contributed by atoms with Gasteiger partial charge in [0.2, 0.25) is 0 Å². The highest BCUT2D eigenvalue weighted by atomic mass is 14.8. The van der Waals surface area contributed by atoms with Gasteiger partial charge in [0.1, 0.15) is 0 Å². The summed E-state index contributed by atoms with van der Waals surface area (Å²) in [6.07, 6.45) is 2.17. The Kier molecular flexibility index (Phi) is 4.00. The summed E-state index contributed by atoms with van der Waals surface area (Å²) in [5.74, 6) is 0.380. The van der Waals surface area contributed by atoms with Gasteiger partial charge in [-0.05, 0) is 42.5 Å². The molecule has 118 valence electrons. The standard InChI is InChI=1S/C23H21N/c1-17-11-13-18(14-12-17)15-16-21-20-9-5-6-10-22(20)24-23(21)19-7-3-2-4-8-19/h2-14,21H,15-16H2,1H3. The molecule has 1 heterocycles. The number of aliphatic imine (C=N–C) groups is 1. The molecule has 0 bridgehead atoms. The van der Waals surface area contributed by atoms with E-state index in [1.165, 1.54) is 28.0 Å². The van der Waals surface area contributed by atoms with Crippen molar-refractivity contribution in [1.82, 2.24) is 0 Å². The monoisotopic (exact) mass is 311 g/mol. The Hall–Kier alpha value is -2.67. The van der Waals surface area contributed by atoms with Gasteiger partial charge in [-0.3, -0.25) is 4.99 Å². The first kappa shape index (κ1) is 14.9. The lowest BCUT2D eigenvalue weighted by Gasteiger charge is -2.15. The summed E-state index contributed by atoms with van der Waals surface area (Å²) in [7, 11) is 0. The molecular weight excluding hydrogens is 290 g/mol. The van der Waals surface area contributed by atoms with Crippen LogP contribution in [-0.4, -0.2) is 5.71 Å². The maximum atomic E-state index is 4.95. The van der Waals surface area contributed by atoms with Gasteiger partial charge in [-0.1, -0.05) is 78.4 Å². The van der Waals surface area contributed by atoms with Crippen molar-refractivity contribution in [3.05, 3.63) is 101 Å². The Morgan fingerprint density at radius 3 is 2.29 bits per heavy atom. The van der Waals surface area contributed by atoms with Gasteiger partial charge >= 0.3 is 0 Å². The normalized spacial score (nSPS) is 15.9. The molecule has 1 heteroatoms. The quantitative estimate of drug-likeness (QED) is 0.573. The lowest BCUT2D eigenvalue weighted by atomic mass is 9.87. The molecule has 0 fully saturated rings. The van der Waals surface area contributed by atoms with Crippen LogP contribution in [0.1, 0.15) is 34.6 Å². The van der Waals surface area contributed by atoms with Crippen molar-refractivity contribution >= 4 is 11.4 Å². The number of para-hydroxylation sites is 1. The molecular formula is C23H21N. The molecule has 1 atom stereocenters. The minimum Gasteiger partial charge on any atom is -0.252 e. The first-order valence-electron chi connectivity index (χ1n) is 8.60. The minimum absolute atomic E-state index is 0.380. The first-order chi connectivity index (χ1) is 11.8. The zero-order valence-electron chi connectivity index (χ0n) is 13.9. The molecule has 4 rings (SSSR count). The number of aryl methyl sites for hydroxylation is 2. The number of nitrogens with zero attached hydrogens (tertiary/aromatic N) is 1. The number of hydrogen-bond donors (Lipinski definition) is 0. The van der Waals surface area contributed by atoms with E-state index in [0.717, 1.165) is 18.5 Å². The molecule has 0 amide bonds. The molecule has 0 radical (unpaired) electrons. The topological polar surface area (TPSA) is 12.4 Å². The molecule has 0 aliphatic carbocycles. The molecule has 1 unspecified atom stereocenters. The Bertz CT molecular complexity index is 860. The maximum absolute atomic E-state index is 4.95. The van der Waals surface area contributed by atoms with Crippen molar-refractivity contribution in [2.45, 2.75) is 25.7 Å². The Morgan fingerprint density at radius 1 is 0.792 bits per heavy atom. The SMILES string of the molecule is Cc1ccc(CCC2C(c3ccccc3)=Nc3ccccc32)cc1. The van der Waals surface area contributed by atoms with E-state index in [1.54, 1.807) is 0 Å². The van der Waals surface area contributed by atoms with E-state index < -0.39 is 0 Å². The van der Waals surface area contributed by atoms with Gasteiger partial charge < -0.3 is 0 Å². The van der Waals surface area contributed by atoms with Gasteiger partial charge in [-0.25, -0.2) is 0 Å². The molecule has 0 saturated carbocycles. The van der Waals surface area contributed by atoms with E-state index >= 15 is 0 Å². The van der Waals surface area contributed by atoms with E-state index in [1.807, 2.05) is 0 Å². The largest absolute Gasteiger partial charge is 0.252 e. The first-order valence-corrected chi connectivity index (χ1v) is 8.60. The maximum Gasteiger partial charge on any atom is 0.0672 e. The van der Waals surface area contributed by atoms with Gasteiger partial charge in [-0.2, -0.15) is 0 Å². The zero-order chi connectivity index (χ0) is 16.4. The number of hydrogen-bond acceptors (Lipinski definition) is 1. The second-order valence-electron chi connectivity index (χ2n) is 6.50. The van der Waals surface area contributed by atoms with E-state index in [2.05, 4.69) is 85.8 Å². The number of benzene rings is 3. The average Bonchev–Trinajstić information content (AvgIpc) is 3.01. The van der Waals surface area contributed by atoms with Crippen LogP contribution in [0.15, 0.2) is 83.9 Å². The minimum atomic E-state index is 0.380. The predicted octanol–water partition coefficient (Wildman–Crippen LogP) is 5.85. The highest BCUT2D eigenvalue weighted by Gasteiger charge is 2.27. The number of rotatable bonds is 4. The van der Waals surface area contributed by atoms with Crippen molar-refractivity contribution in [1.29, 1.82) is 0 Å². The van der Waals surface area contributed by atoms with Gasteiger partial charge in [0.05, 0.1) is 11.4 Å². The van der Waals surface area contributed by atoms with Crippen LogP contribution in [0.25, 0.3) is 0 Å². The van der Waals surface area contributed by atoms with Gasteiger partial charge in [0.15, 0.2) is 0 Å². The summed E-state index contributed by atoms with van der Waals surface area (Å²) in [4.78, 5) is 4.95. The van der Waals surface area contributed by atoms with Gasteiger partial charge in [0.25, 0.3) is 0 Å². The summed E-state index contributed by atoms with van der Waals surface area (Å²) >= 11 is 0. The van der Waals surface area contributed by atoms with Crippen LogP contribution < -0.4 is 0 Å². The number of fused-ring (bicyclic) bond motifs is 1. The zero-order valence-corrected chi connectivity index (χ0v) is 13.9. The van der Waals surface area contributed by atoms with Crippen molar-refractivity contribution < 1.29 is 0 Å². The predicted molar refractivity (Wildman–Crippen MR) is 101 cm³/mol. The summed E-state index contributed by atoms with van der Waals surface area (Å²) in [5, 5.41) is 0. The second kappa shape index (κ2) is 6.45. The third-order valence-corrected chi connectivity index (χ3v) is 4.79. The van der Waals surface area contributed by atoms with Crippen LogP contribution in [0.2, 0.25) is 0 Å². The fraction of sp³-hybridized carbons (Fsp3) is 0.174. The highest BCUT2D eigenvalue weighted by molar-refractivity contribution is 6.09. The van der Waals surface area contributed by atoms with E-state index in [-0.39, 0.29) is 0 Å². The third-order valence-electron chi connectivity index (χ3n) is 4.79. The fourth-order valence-electron chi connectivity index (χ4n) is 3.47. The third kappa shape index (κ3) is 2.90. The molecule has 1 aliphatic heterocycles. The summed E-state index contributed by atoms with van der Waals surface area (Å²) in [5.41, 5.74) is 7.66. The Morgan fingerprint density at radius 2 is 1.50 bits per heavy atom. The second-order valence-corrected chi connectivity index (χ2v) is 6.50. The molecule has 3 aromatic rings. The molecule has 1 aliphatic rings. The van der Waals surface area contributed by atoms with Crippen LogP contribution in [0.3, 0.4) is 0 Å². The molecule has 0 N–H and O–H groups in total. The van der Waals surface area contributed by atoms with Crippen molar-refractivity contribution in [3.8, 4) is 0 Å². The lowest BCUT2D eigenvalue weighted by Crippen LogP contribution is -2.11. The van der Waals surface area contributed by atoms with Crippen LogP contribution >= 0.6 is 0 Å². The van der Waals surface area contributed by atoms with Crippen LogP contribution in [-0.2, 0) is 6.42 Å². The molecule has 1 nitrogen and oxygen atoms in total. The Labute approximate surface area is 143 Å². The van der Waals surface area contributed by atoms with E-state index in [9.17, 15) is 0 Å². The molecule has 24 heavy (non-hydrogen) atoms. The smallest absolute Gasteiger partial charge is 0.0672 e. The van der Waals surface area contributed by atoms with E-state index in [4.69, 9.17) is 4.99 Å².